The average Bonchev–Trinajstić information content (AvgIpc) is 3.58. The number of aliphatic carboxylic acids is 2. The van der Waals surface area contributed by atoms with E-state index in [9.17, 15) is 20.0 Å². The quantitative estimate of drug-likeness (QED) is 0.0995. The summed E-state index contributed by atoms with van der Waals surface area (Å²) in [5, 5.41) is 34.1. The third-order valence-corrected chi connectivity index (χ3v) is 9.65. The highest BCUT2D eigenvalue weighted by Crippen LogP contribution is 2.55. The Hall–Kier alpha value is -4.61. The molecule has 0 unspecified atom stereocenters. The molecule has 0 spiro atoms. The number of nitriles is 1. The van der Waals surface area contributed by atoms with Crippen LogP contribution in [0.4, 0.5) is 5.69 Å². The normalized spacial score (nSPS) is 17.6. The van der Waals surface area contributed by atoms with Crippen LogP contribution < -0.4 is 4.90 Å². The molecule has 8 heteroatoms. The Labute approximate surface area is 268 Å². The molecular weight excluding hydrogens is 582 g/mol. The van der Waals surface area contributed by atoms with E-state index in [1.54, 1.807) is 17.8 Å². The molecule has 3 aromatic rings. The number of fused-ring (bicyclic) bond motifs is 6. The van der Waals surface area contributed by atoms with E-state index in [-0.39, 0.29) is 18.3 Å². The van der Waals surface area contributed by atoms with Crippen molar-refractivity contribution in [1.29, 1.82) is 5.26 Å². The van der Waals surface area contributed by atoms with Crippen molar-refractivity contribution in [2.75, 3.05) is 30.3 Å². The number of nitrogens with zero attached hydrogens (tertiary/aromatic N) is 3. The largest absolute Gasteiger partial charge is 0.481 e. The Balaban J connectivity index is 1.56. The molecule has 2 aliphatic heterocycles. The van der Waals surface area contributed by atoms with Crippen LogP contribution in [0.2, 0.25) is 0 Å². The molecule has 0 fully saturated rings. The van der Waals surface area contributed by atoms with Gasteiger partial charge in [-0.3, -0.25) is 9.59 Å². The summed E-state index contributed by atoms with van der Waals surface area (Å²) in [6.45, 7) is 8.06. The first kappa shape index (κ1) is 31.8. The predicted octanol–water partition coefficient (Wildman–Crippen LogP) is 7.42. The summed E-state index contributed by atoms with van der Waals surface area (Å²) < 4.78 is 1.97. The lowest BCUT2D eigenvalue weighted by atomic mass is 9.78. The molecule has 0 saturated carbocycles. The Kier molecular flexibility index (Phi) is 9.60. The number of thioether (sulfide) groups is 1. The van der Waals surface area contributed by atoms with Gasteiger partial charge in [0.05, 0.1) is 17.9 Å². The maximum Gasteiger partial charge on any atom is 0.309 e. The van der Waals surface area contributed by atoms with Gasteiger partial charge in [-0.05, 0) is 51.6 Å². The van der Waals surface area contributed by atoms with Crippen LogP contribution in [0.5, 0.6) is 0 Å². The zero-order valence-corrected chi connectivity index (χ0v) is 26.7. The number of carbonyl (C=O) groups is 2. The van der Waals surface area contributed by atoms with Crippen LogP contribution in [-0.4, -0.2) is 57.2 Å². The first-order chi connectivity index (χ1) is 21.7. The van der Waals surface area contributed by atoms with Gasteiger partial charge in [0.15, 0.2) is 13.1 Å². The number of anilines is 1. The van der Waals surface area contributed by atoms with Gasteiger partial charge in [-0.1, -0.05) is 93.6 Å². The van der Waals surface area contributed by atoms with Crippen molar-refractivity contribution in [3.8, 4) is 6.07 Å². The van der Waals surface area contributed by atoms with Crippen LogP contribution in [-0.2, 0) is 15.0 Å². The lowest BCUT2D eigenvalue weighted by molar-refractivity contribution is -0.516. The van der Waals surface area contributed by atoms with Gasteiger partial charge in [0.1, 0.15) is 18.1 Å². The van der Waals surface area contributed by atoms with Crippen molar-refractivity contribution in [2.45, 2.75) is 45.4 Å². The fraction of sp³-hybridized carbons (Fsp3) is 0.297. The molecule has 0 bridgehead atoms. The van der Waals surface area contributed by atoms with Gasteiger partial charge >= 0.3 is 11.9 Å². The fourth-order valence-corrected chi connectivity index (χ4v) is 7.79. The Morgan fingerprint density at radius 2 is 1.62 bits per heavy atom. The fourth-order valence-electron chi connectivity index (χ4n) is 6.65. The lowest BCUT2D eigenvalue weighted by Gasteiger charge is -2.29. The summed E-state index contributed by atoms with van der Waals surface area (Å²) in [5.41, 5.74) is 4.65. The molecule has 3 aromatic carbocycles. The van der Waals surface area contributed by atoms with Gasteiger partial charge < -0.3 is 15.1 Å². The Morgan fingerprint density at radius 3 is 2.27 bits per heavy atom. The van der Waals surface area contributed by atoms with Crippen LogP contribution in [0.3, 0.4) is 0 Å². The van der Waals surface area contributed by atoms with Crippen molar-refractivity contribution >= 4 is 56.0 Å². The van der Waals surface area contributed by atoms with E-state index in [2.05, 4.69) is 80.3 Å². The second-order valence-electron chi connectivity index (χ2n) is 11.7. The van der Waals surface area contributed by atoms with E-state index in [1.807, 2.05) is 28.9 Å². The van der Waals surface area contributed by atoms with E-state index in [0.717, 1.165) is 51.5 Å². The SMILES string of the molecule is CCC(/C=C/C=C/C=C(\C#N)C1=[N+](CCC(=O)O)CCS1)=C1/N(CCC(=O)O)c2c(c3ccccc3c3ccccc23)C1(C)C. The maximum atomic E-state index is 11.8. The van der Waals surface area contributed by atoms with Crippen molar-refractivity contribution in [2.24, 2.45) is 0 Å². The Morgan fingerprint density at radius 1 is 0.978 bits per heavy atom. The first-order valence-corrected chi connectivity index (χ1v) is 16.3. The Bertz CT molecular complexity index is 1870. The molecule has 45 heavy (non-hydrogen) atoms. The van der Waals surface area contributed by atoms with E-state index in [4.69, 9.17) is 5.11 Å². The molecule has 2 heterocycles. The number of allylic oxidation sites excluding steroid dienone is 7. The molecule has 5 rings (SSSR count). The minimum absolute atomic E-state index is 0.0167. The molecule has 0 aliphatic carbocycles. The number of hydrogen-bond acceptors (Lipinski definition) is 5. The number of carboxylic acids is 2. The zero-order valence-electron chi connectivity index (χ0n) is 25.9. The molecule has 2 aliphatic rings. The monoisotopic (exact) mass is 620 g/mol. The second kappa shape index (κ2) is 13.6. The summed E-state index contributed by atoms with van der Waals surface area (Å²) in [4.78, 5) is 25.1. The van der Waals surface area contributed by atoms with Gasteiger partial charge in [0.2, 0.25) is 0 Å². The van der Waals surface area contributed by atoms with Gasteiger partial charge in [-0.25, -0.2) is 4.58 Å². The second-order valence-corrected chi connectivity index (χ2v) is 12.8. The highest BCUT2D eigenvalue weighted by atomic mass is 32.2. The summed E-state index contributed by atoms with van der Waals surface area (Å²) in [6, 6.07) is 19.1. The van der Waals surface area contributed by atoms with Gasteiger partial charge in [-0.15, -0.1) is 0 Å². The highest BCUT2D eigenvalue weighted by molar-refractivity contribution is 8.14. The van der Waals surface area contributed by atoms with Crippen LogP contribution in [0, 0.1) is 11.3 Å². The van der Waals surface area contributed by atoms with Gasteiger partial charge in [0, 0.05) is 23.0 Å². The predicted molar refractivity (Wildman–Crippen MR) is 183 cm³/mol. The molecule has 0 aromatic heterocycles. The standard InChI is InChI=1S/C37H37N3O4S/c1-4-25(12-6-5-7-13-26(24-38)36-39(22-23-45-36)20-18-31(41)42)35-37(2,3)33-29-16-10-8-14-27(29)28-15-9-11-17-30(28)34(33)40(35)21-19-32(43)44/h5-17H,4,18-23H2,1-3H3,(H-,41,42,43,44)/p+1. The summed E-state index contributed by atoms with van der Waals surface area (Å²) >= 11 is 1.58. The smallest absolute Gasteiger partial charge is 0.309 e. The maximum absolute atomic E-state index is 11.8. The highest BCUT2D eigenvalue weighted by Gasteiger charge is 2.43. The van der Waals surface area contributed by atoms with E-state index in [0.29, 0.717) is 18.7 Å². The third-order valence-electron chi connectivity index (χ3n) is 8.51. The van der Waals surface area contributed by atoms with Crippen molar-refractivity contribution < 1.29 is 24.4 Å². The molecule has 0 atom stereocenters. The number of rotatable bonds is 11. The molecule has 2 N–H and O–H groups in total. The lowest BCUT2D eigenvalue weighted by Crippen LogP contribution is -2.29. The van der Waals surface area contributed by atoms with Crippen LogP contribution in [0.15, 0.2) is 95.8 Å². The average molecular weight is 621 g/mol. The molecule has 0 saturated heterocycles. The summed E-state index contributed by atoms with van der Waals surface area (Å²) in [6.07, 6.45) is 10.4. The summed E-state index contributed by atoms with van der Waals surface area (Å²) in [5.74, 6) is -0.857. The topological polar surface area (TPSA) is 105 Å². The number of carboxylic acid groups (broad SMARTS) is 2. The van der Waals surface area contributed by atoms with E-state index >= 15 is 0 Å². The van der Waals surface area contributed by atoms with Crippen LogP contribution in [0.1, 0.15) is 45.6 Å². The molecule has 7 nitrogen and oxygen atoms in total. The van der Waals surface area contributed by atoms with E-state index in [1.165, 1.54) is 16.3 Å². The van der Waals surface area contributed by atoms with Crippen molar-refractivity contribution in [3.05, 3.63) is 101 Å². The molecule has 0 radical (unpaired) electrons. The first-order valence-electron chi connectivity index (χ1n) is 15.3. The van der Waals surface area contributed by atoms with Crippen LogP contribution >= 0.6 is 11.8 Å². The molecule has 230 valence electrons. The number of benzene rings is 3. The van der Waals surface area contributed by atoms with Crippen molar-refractivity contribution in [3.63, 3.8) is 0 Å². The van der Waals surface area contributed by atoms with E-state index < -0.39 is 11.9 Å². The third kappa shape index (κ3) is 6.31. The summed E-state index contributed by atoms with van der Waals surface area (Å²) in [7, 11) is 0. The number of hydrogen-bond donors (Lipinski definition) is 2. The van der Waals surface area contributed by atoms with Crippen LogP contribution in [0.25, 0.3) is 21.5 Å². The minimum atomic E-state index is -0.851. The molecule has 0 amide bonds. The van der Waals surface area contributed by atoms with Gasteiger partial charge in [0.25, 0.3) is 5.04 Å². The minimum Gasteiger partial charge on any atom is -0.481 e. The van der Waals surface area contributed by atoms with Crippen molar-refractivity contribution in [1.82, 2.24) is 0 Å². The van der Waals surface area contributed by atoms with Gasteiger partial charge in [-0.2, -0.15) is 5.26 Å². The zero-order chi connectivity index (χ0) is 32.1. The molecular formula is C37H38N3O4S+.